The molecule has 0 saturated heterocycles. The summed E-state index contributed by atoms with van der Waals surface area (Å²) in [6.07, 6.45) is 9.25. The first-order valence-electron chi connectivity index (χ1n) is 9.43. The third-order valence-corrected chi connectivity index (χ3v) is 6.21. The van der Waals surface area contributed by atoms with E-state index < -0.39 is 0 Å². The highest BCUT2D eigenvalue weighted by atomic mass is 32.2. The average Bonchev–Trinajstić information content (AvgIpc) is 3.28. The van der Waals surface area contributed by atoms with Crippen molar-refractivity contribution in [2.75, 3.05) is 5.75 Å². The normalized spacial score (nSPS) is 15.7. The van der Waals surface area contributed by atoms with E-state index in [1.165, 1.54) is 29.3 Å². The van der Waals surface area contributed by atoms with Crippen molar-refractivity contribution in [3.8, 4) is 11.4 Å². The van der Waals surface area contributed by atoms with Crippen molar-refractivity contribution in [3.63, 3.8) is 0 Å². The van der Waals surface area contributed by atoms with Crippen LogP contribution in [0.1, 0.15) is 46.8 Å². The van der Waals surface area contributed by atoms with Crippen LogP contribution in [0.15, 0.2) is 47.9 Å². The molecule has 0 bridgehead atoms. The fourth-order valence-corrected chi connectivity index (χ4v) is 4.59. The molecule has 0 N–H and O–H groups in total. The van der Waals surface area contributed by atoms with Gasteiger partial charge in [-0.2, -0.15) is 0 Å². The molecule has 136 valence electrons. The van der Waals surface area contributed by atoms with Crippen LogP contribution in [0.2, 0.25) is 0 Å². The van der Waals surface area contributed by atoms with Gasteiger partial charge in [0.2, 0.25) is 0 Å². The van der Waals surface area contributed by atoms with Gasteiger partial charge in [-0.25, -0.2) is 0 Å². The van der Waals surface area contributed by atoms with Gasteiger partial charge in [-0.1, -0.05) is 23.9 Å². The number of pyridine rings is 1. The summed E-state index contributed by atoms with van der Waals surface area (Å²) in [7, 11) is 0. The van der Waals surface area contributed by atoms with E-state index in [2.05, 4.69) is 31.9 Å². The van der Waals surface area contributed by atoms with Crippen molar-refractivity contribution in [3.05, 3.63) is 59.4 Å². The minimum absolute atomic E-state index is 0.158. The Hall–Kier alpha value is -2.47. The van der Waals surface area contributed by atoms with E-state index in [1.807, 2.05) is 18.2 Å². The molecule has 0 amide bonds. The third-order valence-electron chi connectivity index (χ3n) is 5.27. The molecule has 0 unspecified atom stereocenters. The Morgan fingerprint density at radius 3 is 2.70 bits per heavy atom. The van der Waals surface area contributed by atoms with E-state index in [9.17, 15) is 4.79 Å². The molecule has 0 radical (unpaired) electrons. The van der Waals surface area contributed by atoms with Crippen LogP contribution in [-0.4, -0.2) is 31.3 Å². The average molecular weight is 376 g/mol. The molecule has 3 aromatic rings. The summed E-state index contributed by atoms with van der Waals surface area (Å²) in [5.41, 5.74) is 4.57. The van der Waals surface area contributed by atoms with Gasteiger partial charge in [-0.15, -0.1) is 10.2 Å². The Morgan fingerprint density at radius 2 is 1.89 bits per heavy atom. The molecule has 1 aromatic carbocycles. The molecule has 1 fully saturated rings. The van der Waals surface area contributed by atoms with Crippen LogP contribution in [0.4, 0.5) is 0 Å². The summed E-state index contributed by atoms with van der Waals surface area (Å²) >= 11 is 1.49. The van der Waals surface area contributed by atoms with E-state index >= 15 is 0 Å². The van der Waals surface area contributed by atoms with Gasteiger partial charge in [0.1, 0.15) is 0 Å². The van der Waals surface area contributed by atoms with Gasteiger partial charge in [0, 0.05) is 29.6 Å². The van der Waals surface area contributed by atoms with Gasteiger partial charge < -0.3 is 0 Å². The van der Waals surface area contributed by atoms with E-state index in [-0.39, 0.29) is 5.78 Å². The van der Waals surface area contributed by atoms with Crippen molar-refractivity contribution in [1.29, 1.82) is 0 Å². The number of aryl methyl sites for hydroxylation is 2. The van der Waals surface area contributed by atoms with E-state index in [4.69, 9.17) is 0 Å². The number of fused-ring (bicyclic) bond motifs is 1. The molecule has 5 nitrogen and oxygen atoms in total. The zero-order valence-electron chi connectivity index (χ0n) is 15.0. The minimum Gasteiger partial charge on any atom is -0.299 e. The summed E-state index contributed by atoms with van der Waals surface area (Å²) in [6.45, 7) is 0. The Labute approximate surface area is 162 Å². The van der Waals surface area contributed by atoms with E-state index in [0.717, 1.165) is 47.8 Å². The number of hydrogen-bond donors (Lipinski definition) is 0. The highest BCUT2D eigenvalue weighted by Gasteiger charge is 2.30. The number of benzene rings is 1. The van der Waals surface area contributed by atoms with Gasteiger partial charge in [-0.05, 0) is 61.4 Å². The van der Waals surface area contributed by atoms with Crippen molar-refractivity contribution >= 4 is 17.5 Å². The second-order valence-corrected chi connectivity index (χ2v) is 8.13. The SMILES string of the molecule is O=C(CSc1nnc(-c2ccncc2)n1C1CC1)c1ccc2c(c1)CCC2. The van der Waals surface area contributed by atoms with Crippen LogP contribution in [0, 0.1) is 0 Å². The van der Waals surface area contributed by atoms with Crippen molar-refractivity contribution in [1.82, 2.24) is 19.7 Å². The van der Waals surface area contributed by atoms with Crippen molar-refractivity contribution < 1.29 is 4.79 Å². The zero-order chi connectivity index (χ0) is 18.2. The number of rotatable bonds is 6. The van der Waals surface area contributed by atoms with Gasteiger partial charge in [-0.3, -0.25) is 14.3 Å². The van der Waals surface area contributed by atoms with Crippen LogP contribution >= 0.6 is 11.8 Å². The molecule has 5 rings (SSSR count). The maximum absolute atomic E-state index is 12.7. The molecular weight excluding hydrogens is 356 g/mol. The highest BCUT2D eigenvalue weighted by Crippen LogP contribution is 2.41. The fourth-order valence-electron chi connectivity index (χ4n) is 3.69. The van der Waals surface area contributed by atoms with Crippen LogP contribution < -0.4 is 0 Å². The molecule has 0 spiro atoms. The van der Waals surface area contributed by atoms with Crippen molar-refractivity contribution in [2.24, 2.45) is 0 Å². The lowest BCUT2D eigenvalue weighted by Gasteiger charge is -2.09. The Kier molecular flexibility index (Phi) is 4.28. The molecular formula is C21H20N4OS. The number of aromatic nitrogens is 4. The van der Waals surface area contributed by atoms with Gasteiger partial charge in [0.05, 0.1) is 5.75 Å². The summed E-state index contributed by atoms with van der Waals surface area (Å²) in [4.78, 5) is 16.8. The van der Waals surface area contributed by atoms with Crippen molar-refractivity contribution in [2.45, 2.75) is 43.3 Å². The van der Waals surface area contributed by atoms with Crippen LogP contribution in [-0.2, 0) is 12.8 Å². The Morgan fingerprint density at radius 1 is 1.07 bits per heavy atom. The standard InChI is InChI=1S/C21H20N4OS/c26-19(17-5-4-14-2-1-3-16(14)12-17)13-27-21-24-23-20(25(21)18-6-7-18)15-8-10-22-11-9-15/h4-5,8-12,18H,1-3,6-7,13H2. The van der Waals surface area contributed by atoms with E-state index in [0.29, 0.717) is 11.8 Å². The molecule has 1 saturated carbocycles. The number of thioether (sulfide) groups is 1. The quantitative estimate of drug-likeness (QED) is 0.478. The predicted molar refractivity (Wildman–Crippen MR) is 105 cm³/mol. The lowest BCUT2D eigenvalue weighted by atomic mass is 10.0. The highest BCUT2D eigenvalue weighted by molar-refractivity contribution is 7.99. The Balaban J connectivity index is 1.35. The minimum atomic E-state index is 0.158. The number of ketones is 1. The van der Waals surface area contributed by atoms with Gasteiger partial charge in [0.25, 0.3) is 0 Å². The van der Waals surface area contributed by atoms with Crippen LogP contribution in [0.5, 0.6) is 0 Å². The maximum atomic E-state index is 12.7. The summed E-state index contributed by atoms with van der Waals surface area (Å²) in [5, 5.41) is 9.61. The Bertz CT molecular complexity index is 995. The largest absolute Gasteiger partial charge is 0.299 e. The molecule has 27 heavy (non-hydrogen) atoms. The smallest absolute Gasteiger partial charge is 0.192 e. The number of hydrogen-bond acceptors (Lipinski definition) is 5. The second kappa shape index (κ2) is 6.93. The topological polar surface area (TPSA) is 60.7 Å². The molecule has 0 atom stereocenters. The number of Topliss-reactive ketones (excluding diaryl/α,β-unsaturated/α-hetero) is 1. The lowest BCUT2D eigenvalue weighted by Crippen LogP contribution is -2.06. The monoisotopic (exact) mass is 376 g/mol. The molecule has 6 heteroatoms. The number of nitrogens with zero attached hydrogens (tertiary/aromatic N) is 4. The first kappa shape index (κ1) is 16.7. The fraction of sp³-hybridized carbons (Fsp3) is 0.333. The summed E-state index contributed by atoms with van der Waals surface area (Å²) in [6, 6.07) is 10.5. The molecule has 2 aliphatic carbocycles. The molecule has 2 aromatic heterocycles. The second-order valence-electron chi connectivity index (χ2n) is 7.19. The summed E-state index contributed by atoms with van der Waals surface area (Å²) < 4.78 is 2.19. The molecule has 2 aliphatic rings. The molecule has 2 heterocycles. The third kappa shape index (κ3) is 3.30. The predicted octanol–water partition coefficient (Wildman–Crippen LogP) is 4.14. The zero-order valence-corrected chi connectivity index (χ0v) is 15.8. The molecule has 0 aliphatic heterocycles. The summed E-state index contributed by atoms with van der Waals surface area (Å²) in [5.74, 6) is 1.41. The first-order valence-corrected chi connectivity index (χ1v) is 10.4. The number of carbonyl (C=O) groups is 1. The number of carbonyl (C=O) groups excluding carboxylic acids is 1. The van der Waals surface area contributed by atoms with E-state index in [1.54, 1.807) is 12.4 Å². The van der Waals surface area contributed by atoms with Crippen LogP contribution in [0.25, 0.3) is 11.4 Å². The van der Waals surface area contributed by atoms with Crippen LogP contribution in [0.3, 0.4) is 0 Å². The van der Waals surface area contributed by atoms with Gasteiger partial charge in [0.15, 0.2) is 16.8 Å². The van der Waals surface area contributed by atoms with Gasteiger partial charge >= 0.3 is 0 Å². The first-order chi connectivity index (χ1) is 13.3. The maximum Gasteiger partial charge on any atom is 0.192 e. The lowest BCUT2D eigenvalue weighted by molar-refractivity contribution is 0.102.